The lowest BCUT2D eigenvalue weighted by Crippen LogP contribution is -2.11. The lowest BCUT2D eigenvalue weighted by Gasteiger charge is -2.05. The standard InChI is InChI=1S/C14H11BrClN5S/c15-11-4-2-1-3-10(11)13-19-20-14(21(13)17)22-8-9-5-6-18-12(16)7-9/h1-7H,8,17H2. The molecule has 0 spiro atoms. The second-order valence-electron chi connectivity index (χ2n) is 4.43. The van der Waals surface area contributed by atoms with E-state index in [2.05, 4.69) is 31.1 Å². The molecule has 0 amide bonds. The number of nitrogens with zero attached hydrogens (tertiary/aromatic N) is 4. The highest BCUT2D eigenvalue weighted by molar-refractivity contribution is 9.10. The molecule has 0 aliphatic rings. The molecular weight excluding hydrogens is 386 g/mol. The van der Waals surface area contributed by atoms with E-state index in [-0.39, 0.29) is 0 Å². The Morgan fingerprint density at radius 1 is 1.23 bits per heavy atom. The number of pyridine rings is 1. The zero-order valence-corrected chi connectivity index (χ0v) is 14.4. The zero-order chi connectivity index (χ0) is 15.5. The highest BCUT2D eigenvalue weighted by Crippen LogP contribution is 2.29. The molecule has 0 bridgehead atoms. The van der Waals surface area contributed by atoms with Gasteiger partial charge in [0.2, 0.25) is 5.16 Å². The Bertz CT molecular complexity index is 807. The Labute approximate surface area is 145 Å². The molecule has 22 heavy (non-hydrogen) atoms. The van der Waals surface area contributed by atoms with Crippen LogP contribution in [0.1, 0.15) is 5.56 Å². The average molecular weight is 397 g/mol. The monoisotopic (exact) mass is 395 g/mol. The topological polar surface area (TPSA) is 69.6 Å². The van der Waals surface area contributed by atoms with Crippen LogP contribution >= 0.6 is 39.3 Å². The van der Waals surface area contributed by atoms with Crippen molar-refractivity contribution < 1.29 is 0 Å². The summed E-state index contributed by atoms with van der Waals surface area (Å²) in [7, 11) is 0. The molecule has 0 radical (unpaired) electrons. The molecule has 0 saturated heterocycles. The summed E-state index contributed by atoms with van der Waals surface area (Å²) < 4.78 is 2.42. The van der Waals surface area contributed by atoms with E-state index in [1.807, 2.05) is 36.4 Å². The number of hydrogen-bond donors (Lipinski definition) is 1. The van der Waals surface area contributed by atoms with Crippen LogP contribution in [0.3, 0.4) is 0 Å². The number of thioether (sulfide) groups is 1. The van der Waals surface area contributed by atoms with Gasteiger partial charge in [-0.25, -0.2) is 9.66 Å². The Morgan fingerprint density at radius 3 is 2.82 bits per heavy atom. The fraction of sp³-hybridized carbons (Fsp3) is 0.0714. The van der Waals surface area contributed by atoms with Gasteiger partial charge in [0.05, 0.1) is 0 Å². The van der Waals surface area contributed by atoms with Crippen molar-refractivity contribution in [2.24, 2.45) is 0 Å². The van der Waals surface area contributed by atoms with Crippen molar-refractivity contribution in [1.82, 2.24) is 19.9 Å². The first-order valence-electron chi connectivity index (χ1n) is 6.34. The molecule has 2 N–H and O–H groups in total. The van der Waals surface area contributed by atoms with Crippen LogP contribution < -0.4 is 5.84 Å². The van der Waals surface area contributed by atoms with Crippen LogP contribution in [0.5, 0.6) is 0 Å². The summed E-state index contributed by atoms with van der Waals surface area (Å²) in [5, 5.41) is 9.44. The van der Waals surface area contributed by atoms with Gasteiger partial charge in [-0.15, -0.1) is 10.2 Å². The highest BCUT2D eigenvalue weighted by Gasteiger charge is 2.14. The van der Waals surface area contributed by atoms with E-state index in [1.54, 1.807) is 6.20 Å². The predicted molar refractivity (Wildman–Crippen MR) is 92.1 cm³/mol. The van der Waals surface area contributed by atoms with Crippen molar-refractivity contribution in [3.05, 3.63) is 57.8 Å². The summed E-state index contributed by atoms with van der Waals surface area (Å²) in [6.07, 6.45) is 1.68. The first-order chi connectivity index (χ1) is 10.6. The molecule has 2 heterocycles. The normalized spacial score (nSPS) is 10.8. The van der Waals surface area contributed by atoms with Crippen molar-refractivity contribution in [3.63, 3.8) is 0 Å². The van der Waals surface area contributed by atoms with E-state index in [0.717, 1.165) is 15.6 Å². The molecule has 0 atom stereocenters. The third kappa shape index (κ3) is 3.26. The number of rotatable bonds is 4. The van der Waals surface area contributed by atoms with Gasteiger partial charge in [-0.1, -0.05) is 51.4 Å². The van der Waals surface area contributed by atoms with Crippen molar-refractivity contribution >= 4 is 39.3 Å². The predicted octanol–water partition coefficient (Wildman–Crippen LogP) is 3.76. The van der Waals surface area contributed by atoms with E-state index in [1.165, 1.54) is 16.4 Å². The Morgan fingerprint density at radius 2 is 2.05 bits per heavy atom. The van der Waals surface area contributed by atoms with E-state index in [0.29, 0.717) is 21.9 Å². The van der Waals surface area contributed by atoms with Crippen molar-refractivity contribution in [1.29, 1.82) is 0 Å². The molecule has 1 aromatic carbocycles. The molecule has 0 aliphatic heterocycles. The molecule has 5 nitrogen and oxygen atoms in total. The molecule has 3 aromatic rings. The smallest absolute Gasteiger partial charge is 0.210 e. The minimum absolute atomic E-state index is 0.473. The second kappa shape index (κ2) is 6.68. The maximum absolute atomic E-state index is 6.11. The van der Waals surface area contributed by atoms with Crippen molar-refractivity contribution in [3.8, 4) is 11.4 Å². The maximum atomic E-state index is 6.11. The maximum Gasteiger partial charge on any atom is 0.210 e. The molecule has 0 unspecified atom stereocenters. The van der Waals surface area contributed by atoms with Gasteiger partial charge in [-0.2, -0.15) is 0 Å². The van der Waals surface area contributed by atoms with Crippen LogP contribution in [0.2, 0.25) is 5.15 Å². The summed E-state index contributed by atoms with van der Waals surface area (Å²) in [6, 6.07) is 11.5. The Hall–Kier alpha value is -1.57. The first-order valence-corrected chi connectivity index (χ1v) is 8.49. The minimum atomic E-state index is 0.473. The third-order valence-corrected chi connectivity index (χ3v) is 4.85. The lowest BCUT2D eigenvalue weighted by molar-refractivity contribution is 0.849. The van der Waals surface area contributed by atoms with Gasteiger partial charge in [0.25, 0.3) is 0 Å². The molecule has 0 saturated carbocycles. The fourth-order valence-corrected chi connectivity index (χ4v) is 3.34. The summed E-state index contributed by atoms with van der Waals surface area (Å²) in [5.41, 5.74) is 1.95. The highest BCUT2D eigenvalue weighted by atomic mass is 79.9. The van der Waals surface area contributed by atoms with Gasteiger partial charge in [0.15, 0.2) is 5.82 Å². The zero-order valence-electron chi connectivity index (χ0n) is 11.3. The Balaban J connectivity index is 1.81. The van der Waals surface area contributed by atoms with E-state index in [4.69, 9.17) is 17.4 Å². The molecule has 112 valence electrons. The Kier molecular flexibility index (Phi) is 4.66. The largest absolute Gasteiger partial charge is 0.335 e. The van der Waals surface area contributed by atoms with Crippen LogP contribution in [0.25, 0.3) is 11.4 Å². The summed E-state index contributed by atoms with van der Waals surface area (Å²) in [4.78, 5) is 3.96. The van der Waals surface area contributed by atoms with Gasteiger partial charge < -0.3 is 5.84 Å². The van der Waals surface area contributed by atoms with Crippen LogP contribution in [0.15, 0.2) is 52.2 Å². The summed E-state index contributed by atoms with van der Waals surface area (Å²) >= 11 is 10.9. The van der Waals surface area contributed by atoms with Crippen molar-refractivity contribution in [2.75, 3.05) is 5.84 Å². The molecular formula is C14H11BrClN5S. The lowest BCUT2D eigenvalue weighted by atomic mass is 10.2. The van der Waals surface area contributed by atoms with E-state index in [9.17, 15) is 0 Å². The molecule has 0 fully saturated rings. The summed E-state index contributed by atoms with van der Waals surface area (Å²) in [6.45, 7) is 0. The van der Waals surface area contributed by atoms with Gasteiger partial charge in [0, 0.05) is 22.0 Å². The molecule has 3 rings (SSSR count). The minimum Gasteiger partial charge on any atom is -0.335 e. The third-order valence-electron chi connectivity index (χ3n) is 2.94. The molecule has 0 aliphatic carbocycles. The number of nitrogens with two attached hydrogens (primary N) is 1. The van der Waals surface area contributed by atoms with E-state index < -0.39 is 0 Å². The average Bonchev–Trinajstić information content (AvgIpc) is 2.87. The number of hydrogen-bond acceptors (Lipinski definition) is 5. The second-order valence-corrected chi connectivity index (χ2v) is 6.62. The van der Waals surface area contributed by atoms with E-state index >= 15 is 0 Å². The van der Waals surface area contributed by atoms with Gasteiger partial charge >= 0.3 is 0 Å². The number of halogens is 2. The number of aromatic nitrogens is 4. The first kappa shape index (κ1) is 15.3. The quantitative estimate of drug-likeness (QED) is 0.413. The SMILES string of the molecule is Nn1c(SCc2ccnc(Cl)c2)nnc1-c1ccccc1Br. The fourth-order valence-electron chi connectivity index (χ4n) is 1.88. The van der Waals surface area contributed by atoms with Crippen LogP contribution in [0.4, 0.5) is 0 Å². The van der Waals surface area contributed by atoms with Crippen LogP contribution in [-0.4, -0.2) is 19.9 Å². The molecule has 2 aromatic heterocycles. The van der Waals surface area contributed by atoms with Gasteiger partial charge in [-0.3, -0.25) is 0 Å². The molecule has 8 heteroatoms. The van der Waals surface area contributed by atoms with Crippen molar-refractivity contribution in [2.45, 2.75) is 10.9 Å². The van der Waals surface area contributed by atoms with Crippen LogP contribution in [0, 0.1) is 0 Å². The van der Waals surface area contributed by atoms with Crippen LogP contribution in [-0.2, 0) is 5.75 Å². The van der Waals surface area contributed by atoms with Gasteiger partial charge in [-0.05, 0) is 29.8 Å². The summed E-state index contributed by atoms with van der Waals surface area (Å²) in [5.74, 6) is 7.41. The number of nitrogen functional groups attached to an aromatic ring is 1. The number of benzene rings is 1. The van der Waals surface area contributed by atoms with Gasteiger partial charge in [0.1, 0.15) is 5.15 Å².